The van der Waals surface area contributed by atoms with Crippen LogP contribution in [0.1, 0.15) is 40.8 Å². The Bertz CT molecular complexity index is 1020. The normalized spacial score (nSPS) is 13.4. The van der Waals surface area contributed by atoms with Crippen LogP contribution in [-0.4, -0.2) is 13.0 Å². The third-order valence-electron chi connectivity index (χ3n) is 5.26. The minimum Gasteiger partial charge on any atom is -0.358 e. The van der Waals surface area contributed by atoms with E-state index in [-0.39, 0.29) is 11.9 Å². The van der Waals surface area contributed by atoms with E-state index in [1.165, 1.54) is 12.1 Å². The van der Waals surface area contributed by atoms with Gasteiger partial charge in [0.2, 0.25) is 5.91 Å². The molecule has 3 aromatic rings. The topological polar surface area (TPSA) is 41.1 Å². The van der Waals surface area contributed by atoms with Crippen LogP contribution in [0.3, 0.4) is 0 Å². The van der Waals surface area contributed by atoms with Gasteiger partial charge in [0.25, 0.3) is 0 Å². The molecule has 0 radical (unpaired) electrons. The molecule has 0 saturated heterocycles. The average Bonchev–Trinajstić information content (AvgIpc) is 2.79. The number of carbonyl (C=O) groups is 1. The van der Waals surface area contributed by atoms with Crippen LogP contribution in [0.4, 0.5) is 13.2 Å². The summed E-state index contributed by atoms with van der Waals surface area (Å²) < 4.78 is 38.5. The van der Waals surface area contributed by atoms with Gasteiger partial charge in [0.1, 0.15) is 6.04 Å². The Morgan fingerprint density at radius 2 is 1.59 bits per heavy atom. The van der Waals surface area contributed by atoms with E-state index < -0.39 is 17.8 Å². The summed E-state index contributed by atoms with van der Waals surface area (Å²) in [5.41, 5.74) is 1.82. The first-order chi connectivity index (χ1) is 15.3. The van der Waals surface area contributed by atoms with Gasteiger partial charge in [-0.15, -0.1) is 0 Å². The molecule has 0 bridgehead atoms. The highest BCUT2D eigenvalue weighted by molar-refractivity contribution is 6.30. The fourth-order valence-corrected chi connectivity index (χ4v) is 3.75. The van der Waals surface area contributed by atoms with Crippen molar-refractivity contribution in [1.29, 1.82) is 0 Å². The lowest BCUT2D eigenvalue weighted by atomic mass is 9.96. The van der Waals surface area contributed by atoms with Crippen molar-refractivity contribution in [3.63, 3.8) is 0 Å². The van der Waals surface area contributed by atoms with E-state index >= 15 is 0 Å². The molecular weight excluding hydrogens is 437 g/mol. The lowest BCUT2D eigenvalue weighted by Crippen LogP contribution is -2.38. The highest BCUT2D eigenvalue weighted by Gasteiger charge is 2.30. The maximum Gasteiger partial charge on any atom is 0.416 e. The number of hydrogen-bond acceptors (Lipinski definition) is 2. The molecule has 2 atom stereocenters. The number of halogens is 4. The van der Waals surface area contributed by atoms with Crippen LogP contribution in [0.2, 0.25) is 5.02 Å². The fraction of sp³-hybridized carbons (Fsp3) is 0.240. The van der Waals surface area contributed by atoms with Crippen molar-refractivity contribution in [2.75, 3.05) is 7.05 Å². The molecular formula is C25H24ClF3N2O. The van der Waals surface area contributed by atoms with E-state index in [1.54, 1.807) is 13.1 Å². The van der Waals surface area contributed by atoms with Gasteiger partial charge >= 0.3 is 6.18 Å². The minimum atomic E-state index is -4.36. The molecule has 0 spiro atoms. The summed E-state index contributed by atoms with van der Waals surface area (Å²) in [7, 11) is 1.58. The Labute approximate surface area is 190 Å². The van der Waals surface area contributed by atoms with Gasteiger partial charge in [-0.2, -0.15) is 13.2 Å². The van der Waals surface area contributed by atoms with Crippen molar-refractivity contribution < 1.29 is 18.0 Å². The van der Waals surface area contributed by atoms with Gasteiger partial charge in [-0.3, -0.25) is 10.1 Å². The molecule has 2 unspecified atom stereocenters. The highest BCUT2D eigenvalue weighted by Crippen LogP contribution is 2.30. The number of alkyl halides is 3. The predicted molar refractivity (Wildman–Crippen MR) is 120 cm³/mol. The molecule has 1 amide bonds. The summed E-state index contributed by atoms with van der Waals surface area (Å²) in [6.45, 7) is 0. The van der Waals surface area contributed by atoms with Gasteiger partial charge in [0, 0.05) is 18.1 Å². The van der Waals surface area contributed by atoms with E-state index in [1.807, 2.05) is 48.5 Å². The molecule has 168 valence electrons. The summed E-state index contributed by atoms with van der Waals surface area (Å²) in [6, 6.07) is 21.0. The van der Waals surface area contributed by atoms with Crippen molar-refractivity contribution >= 4 is 17.5 Å². The average molecular weight is 461 g/mol. The molecule has 3 nitrogen and oxygen atoms in total. The molecule has 2 N–H and O–H groups in total. The molecule has 0 fully saturated rings. The second-order valence-electron chi connectivity index (χ2n) is 7.47. The van der Waals surface area contributed by atoms with Crippen molar-refractivity contribution in [3.8, 4) is 0 Å². The van der Waals surface area contributed by atoms with Crippen LogP contribution in [0.25, 0.3) is 0 Å². The first kappa shape index (κ1) is 23.8. The van der Waals surface area contributed by atoms with Gasteiger partial charge in [0.05, 0.1) is 5.56 Å². The summed E-state index contributed by atoms with van der Waals surface area (Å²) in [6.07, 6.45) is -3.27. The number of carbonyl (C=O) groups excluding carboxylic acids is 1. The quantitative estimate of drug-likeness (QED) is 0.426. The standard InChI is InChI=1S/C25H24ClF3N2O/c1-30-24(32)23(18-6-3-2-4-7-18)31-22(19-8-5-9-21(26)16-19)15-12-17-10-13-20(14-11-17)25(27,28)29/h2-11,13-14,16,22-23,31H,12,15H2,1H3,(H,30,32). The van der Waals surface area contributed by atoms with E-state index in [2.05, 4.69) is 10.6 Å². The first-order valence-corrected chi connectivity index (χ1v) is 10.6. The largest absolute Gasteiger partial charge is 0.416 e. The van der Waals surface area contributed by atoms with Crippen molar-refractivity contribution in [2.24, 2.45) is 0 Å². The maximum absolute atomic E-state index is 12.8. The van der Waals surface area contributed by atoms with E-state index in [9.17, 15) is 18.0 Å². The molecule has 0 aliphatic heterocycles. The Hall–Kier alpha value is -2.83. The zero-order chi connectivity index (χ0) is 23.1. The third-order valence-corrected chi connectivity index (χ3v) is 5.50. The van der Waals surface area contributed by atoms with Crippen LogP contribution in [-0.2, 0) is 17.4 Å². The molecule has 3 rings (SSSR count). The van der Waals surface area contributed by atoms with Crippen LogP contribution < -0.4 is 10.6 Å². The lowest BCUT2D eigenvalue weighted by molar-refractivity contribution is -0.137. The second-order valence-corrected chi connectivity index (χ2v) is 7.90. The number of hydrogen-bond donors (Lipinski definition) is 2. The third kappa shape index (κ3) is 6.34. The van der Waals surface area contributed by atoms with Crippen molar-refractivity contribution in [1.82, 2.24) is 10.6 Å². The molecule has 0 aromatic heterocycles. The van der Waals surface area contributed by atoms with Gasteiger partial charge in [-0.1, -0.05) is 66.2 Å². The Morgan fingerprint density at radius 3 is 2.19 bits per heavy atom. The number of likely N-dealkylation sites (N-methyl/N-ethyl adjacent to an activating group) is 1. The molecule has 32 heavy (non-hydrogen) atoms. The zero-order valence-electron chi connectivity index (χ0n) is 17.5. The maximum atomic E-state index is 12.8. The van der Waals surface area contributed by atoms with Crippen molar-refractivity contribution in [2.45, 2.75) is 31.1 Å². The van der Waals surface area contributed by atoms with Crippen molar-refractivity contribution in [3.05, 3.63) is 106 Å². The lowest BCUT2D eigenvalue weighted by Gasteiger charge is -2.26. The second kappa shape index (κ2) is 10.7. The number of amides is 1. The fourth-order valence-electron chi connectivity index (χ4n) is 3.56. The first-order valence-electron chi connectivity index (χ1n) is 10.2. The summed E-state index contributed by atoms with van der Waals surface area (Å²) in [4.78, 5) is 12.6. The van der Waals surface area contributed by atoms with Gasteiger partial charge in [-0.05, 0) is 53.8 Å². The van der Waals surface area contributed by atoms with Gasteiger partial charge in [-0.25, -0.2) is 0 Å². The number of rotatable bonds is 8. The van der Waals surface area contributed by atoms with Crippen LogP contribution in [0.5, 0.6) is 0 Å². The summed E-state index contributed by atoms with van der Waals surface area (Å²) in [5.74, 6) is -0.183. The minimum absolute atomic E-state index is 0.183. The van der Waals surface area contributed by atoms with E-state index in [4.69, 9.17) is 11.6 Å². The Morgan fingerprint density at radius 1 is 0.938 bits per heavy atom. The molecule has 0 saturated carbocycles. The predicted octanol–water partition coefficient (Wildman–Crippen LogP) is 6.11. The van der Waals surface area contributed by atoms with Crippen LogP contribution in [0, 0.1) is 0 Å². The van der Waals surface area contributed by atoms with Crippen LogP contribution in [0.15, 0.2) is 78.9 Å². The number of aryl methyl sites for hydroxylation is 1. The molecule has 0 aliphatic carbocycles. The molecule has 0 aliphatic rings. The molecule has 7 heteroatoms. The van der Waals surface area contributed by atoms with E-state index in [0.717, 1.165) is 28.8 Å². The Balaban J connectivity index is 1.84. The van der Waals surface area contributed by atoms with Gasteiger partial charge in [0.15, 0.2) is 0 Å². The summed E-state index contributed by atoms with van der Waals surface area (Å²) in [5, 5.41) is 6.68. The SMILES string of the molecule is CNC(=O)C(NC(CCc1ccc(C(F)(F)F)cc1)c1cccc(Cl)c1)c1ccccc1. The van der Waals surface area contributed by atoms with E-state index in [0.29, 0.717) is 17.9 Å². The summed E-state index contributed by atoms with van der Waals surface area (Å²) >= 11 is 6.20. The molecule has 3 aromatic carbocycles. The molecule has 0 heterocycles. The number of benzene rings is 3. The van der Waals surface area contributed by atoms with Gasteiger partial charge < -0.3 is 5.32 Å². The smallest absolute Gasteiger partial charge is 0.358 e. The Kier molecular flexibility index (Phi) is 7.94. The zero-order valence-corrected chi connectivity index (χ0v) is 18.3. The highest BCUT2D eigenvalue weighted by atomic mass is 35.5. The number of nitrogens with one attached hydrogen (secondary N) is 2. The monoisotopic (exact) mass is 460 g/mol. The van der Waals surface area contributed by atoms with Crippen LogP contribution >= 0.6 is 11.6 Å².